The molecule has 6 heteroatoms. The summed E-state index contributed by atoms with van der Waals surface area (Å²) in [6, 6.07) is 11.3. The number of anilines is 2. The van der Waals surface area contributed by atoms with Gasteiger partial charge in [-0.1, -0.05) is 18.2 Å². The van der Waals surface area contributed by atoms with Gasteiger partial charge in [-0.05, 0) is 50.6 Å². The number of nitrogens with two attached hydrogens (primary N) is 1. The van der Waals surface area contributed by atoms with Crippen molar-refractivity contribution >= 4 is 17.3 Å². The van der Waals surface area contributed by atoms with Crippen LogP contribution in [0.2, 0.25) is 0 Å². The Morgan fingerprint density at radius 2 is 1.88 bits per heavy atom. The number of rotatable bonds is 5. The number of hydrogen-bond donors (Lipinski definition) is 5. The molecule has 0 saturated carbocycles. The van der Waals surface area contributed by atoms with Crippen molar-refractivity contribution in [2.75, 3.05) is 17.6 Å². The first kappa shape index (κ1) is 18.8. The van der Waals surface area contributed by atoms with E-state index in [1.54, 1.807) is 36.4 Å². The number of aliphatic hydroxyl groups excluding tert-OH is 1. The number of carbonyl (C=O) groups is 1. The van der Waals surface area contributed by atoms with E-state index in [1.165, 1.54) is 6.07 Å². The highest BCUT2D eigenvalue weighted by Crippen LogP contribution is 2.28. The van der Waals surface area contributed by atoms with Crippen molar-refractivity contribution in [1.82, 2.24) is 5.32 Å². The highest BCUT2D eigenvalue weighted by Gasteiger charge is 2.16. The lowest BCUT2D eigenvalue weighted by Crippen LogP contribution is -2.38. The molecule has 1 amide bonds. The van der Waals surface area contributed by atoms with Gasteiger partial charge in [0.05, 0.1) is 17.4 Å². The zero-order chi connectivity index (χ0) is 18.6. The molecule has 0 bridgehead atoms. The van der Waals surface area contributed by atoms with Crippen LogP contribution in [-0.4, -0.2) is 28.2 Å². The van der Waals surface area contributed by atoms with Gasteiger partial charge >= 0.3 is 0 Å². The average molecular weight is 343 g/mol. The quantitative estimate of drug-likeness (QED) is 0.424. The summed E-state index contributed by atoms with van der Waals surface area (Å²) < 4.78 is 0. The standard InChI is InChI=1S/C19H25N3O3/c1-19(2,3)21-11-17(24)12-8-9-16(23)15(10-12)22-18(25)13-6-4-5-7-14(13)20/h4-10,17,21,23-24H,11,20H2,1-3H3,(H,22,25). The van der Waals surface area contributed by atoms with Crippen molar-refractivity contribution in [2.24, 2.45) is 0 Å². The molecule has 0 aliphatic heterocycles. The second-order valence-corrected chi connectivity index (χ2v) is 6.96. The van der Waals surface area contributed by atoms with Gasteiger partial charge in [0.1, 0.15) is 5.75 Å². The number of para-hydroxylation sites is 1. The summed E-state index contributed by atoms with van der Waals surface area (Å²) in [6.07, 6.45) is -0.766. The van der Waals surface area contributed by atoms with Crippen molar-refractivity contribution in [1.29, 1.82) is 0 Å². The summed E-state index contributed by atoms with van der Waals surface area (Å²) in [7, 11) is 0. The third-order valence-corrected chi connectivity index (χ3v) is 3.68. The van der Waals surface area contributed by atoms with E-state index in [1.807, 2.05) is 20.8 Å². The fraction of sp³-hybridized carbons (Fsp3) is 0.316. The minimum absolute atomic E-state index is 0.0809. The van der Waals surface area contributed by atoms with Crippen molar-refractivity contribution in [2.45, 2.75) is 32.4 Å². The SMILES string of the molecule is CC(C)(C)NCC(O)c1ccc(O)c(NC(=O)c2ccccc2N)c1. The van der Waals surface area contributed by atoms with Crippen LogP contribution in [0.4, 0.5) is 11.4 Å². The monoisotopic (exact) mass is 343 g/mol. The molecule has 6 N–H and O–H groups in total. The van der Waals surface area contributed by atoms with Crippen molar-refractivity contribution < 1.29 is 15.0 Å². The van der Waals surface area contributed by atoms with Crippen molar-refractivity contribution in [3.8, 4) is 5.75 Å². The summed E-state index contributed by atoms with van der Waals surface area (Å²) in [5.41, 5.74) is 7.16. The Morgan fingerprint density at radius 3 is 2.52 bits per heavy atom. The molecule has 1 unspecified atom stereocenters. The summed E-state index contributed by atoms with van der Waals surface area (Å²) in [5, 5.41) is 26.2. The first-order valence-corrected chi connectivity index (χ1v) is 8.09. The molecule has 134 valence electrons. The number of nitrogens with one attached hydrogen (secondary N) is 2. The molecule has 0 spiro atoms. The van der Waals surface area contributed by atoms with Crippen LogP contribution in [0.15, 0.2) is 42.5 Å². The maximum absolute atomic E-state index is 12.3. The Balaban J connectivity index is 2.16. The van der Waals surface area contributed by atoms with E-state index in [0.717, 1.165) is 0 Å². The van der Waals surface area contributed by atoms with Crippen LogP contribution in [0.5, 0.6) is 5.75 Å². The zero-order valence-electron chi connectivity index (χ0n) is 14.7. The number of amides is 1. The zero-order valence-corrected chi connectivity index (χ0v) is 14.7. The molecular formula is C19H25N3O3. The number of benzene rings is 2. The maximum atomic E-state index is 12.3. The first-order chi connectivity index (χ1) is 11.7. The van der Waals surface area contributed by atoms with E-state index in [-0.39, 0.29) is 17.0 Å². The lowest BCUT2D eigenvalue weighted by atomic mass is 10.0. The minimum atomic E-state index is -0.766. The number of nitrogen functional groups attached to an aromatic ring is 1. The van der Waals surface area contributed by atoms with Gasteiger partial charge in [-0.15, -0.1) is 0 Å². The molecule has 2 aromatic carbocycles. The third kappa shape index (κ3) is 5.20. The number of carbonyl (C=O) groups excluding carboxylic acids is 1. The predicted octanol–water partition coefficient (Wildman–Crippen LogP) is 2.65. The highest BCUT2D eigenvalue weighted by molar-refractivity contribution is 6.08. The van der Waals surface area contributed by atoms with Crippen LogP contribution in [0.1, 0.15) is 42.8 Å². The maximum Gasteiger partial charge on any atom is 0.257 e. The van der Waals surface area contributed by atoms with Gasteiger partial charge in [0.2, 0.25) is 0 Å². The lowest BCUT2D eigenvalue weighted by Gasteiger charge is -2.23. The summed E-state index contributed by atoms with van der Waals surface area (Å²) >= 11 is 0. The number of phenols is 1. The Morgan fingerprint density at radius 1 is 1.20 bits per heavy atom. The summed E-state index contributed by atoms with van der Waals surface area (Å²) in [4.78, 5) is 12.3. The Kier molecular flexibility index (Phi) is 5.66. The van der Waals surface area contributed by atoms with E-state index >= 15 is 0 Å². The number of hydrogen-bond acceptors (Lipinski definition) is 5. The van der Waals surface area contributed by atoms with Crippen LogP contribution in [0.3, 0.4) is 0 Å². The molecule has 0 aromatic heterocycles. The van der Waals surface area contributed by atoms with E-state index in [0.29, 0.717) is 23.4 Å². The van der Waals surface area contributed by atoms with E-state index in [9.17, 15) is 15.0 Å². The molecular weight excluding hydrogens is 318 g/mol. The largest absolute Gasteiger partial charge is 0.506 e. The van der Waals surface area contributed by atoms with Crippen LogP contribution < -0.4 is 16.4 Å². The number of aliphatic hydroxyl groups is 1. The highest BCUT2D eigenvalue weighted by atomic mass is 16.3. The molecule has 0 aliphatic carbocycles. The molecule has 0 heterocycles. The fourth-order valence-corrected chi connectivity index (χ4v) is 2.28. The molecule has 6 nitrogen and oxygen atoms in total. The minimum Gasteiger partial charge on any atom is -0.506 e. The molecule has 25 heavy (non-hydrogen) atoms. The summed E-state index contributed by atoms with van der Waals surface area (Å²) in [6.45, 7) is 6.37. The van der Waals surface area contributed by atoms with E-state index < -0.39 is 12.0 Å². The molecule has 0 saturated heterocycles. The number of β-amino-alcohol motifs (C(OH)–C–C–N with tert-alkyl or cyclic N) is 1. The molecule has 2 aromatic rings. The van der Waals surface area contributed by atoms with Crippen LogP contribution in [0.25, 0.3) is 0 Å². The third-order valence-electron chi connectivity index (χ3n) is 3.68. The van der Waals surface area contributed by atoms with Gasteiger partial charge in [0.15, 0.2) is 0 Å². The van der Waals surface area contributed by atoms with E-state index in [2.05, 4.69) is 10.6 Å². The van der Waals surface area contributed by atoms with Gasteiger partial charge in [0, 0.05) is 17.8 Å². The van der Waals surface area contributed by atoms with Gasteiger partial charge < -0.3 is 26.6 Å². The molecule has 0 fully saturated rings. The van der Waals surface area contributed by atoms with Crippen LogP contribution >= 0.6 is 0 Å². The van der Waals surface area contributed by atoms with Gasteiger partial charge in [-0.2, -0.15) is 0 Å². The molecule has 2 rings (SSSR count). The normalized spacial score (nSPS) is 12.6. The molecule has 0 aliphatic rings. The molecule has 1 atom stereocenters. The van der Waals surface area contributed by atoms with Crippen LogP contribution in [0, 0.1) is 0 Å². The van der Waals surface area contributed by atoms with Gasteiger partial charge in [-0.3, -0.25) is 4.79 Å². The number of phenolic OH excluding ortho intramolecular Hbond substituents is 1. The topological polar surface area (TPSA) is 108 Å². The Hall–Kier alpha value is -2.57. The lowest BCUT2D eigenvalue weighted by molar-refractivity contribution is 0.102. The Bertz CT molecular complexity index is 754. The molecule has 0 radical (unpaired) electrons. The smallest absolute Gasteiger partial charge is 0.257 e. The fourth-order valence-electron chi connectivity index (χ4n) is 2.28. The number of aromatic hydroxyl groups is 1. The average Bonchev–Trinajstić information content (AvgIpc) is 2.54. The second-order valence-electron chi connectivity index (χ2n) is 6.96. The Labute approximate surface area is 147 Å². The second kappa shape index (κ2) is 7.55. The van der Waals surface area contributed by atoms with Crippen LogP contribution in [-0.2, 0) is 0 Å². The van der Waals surface area contributed by atoms with Gasteiger partial charge in [0.25, 0.3) is 5.91 Å². The predicted molar refractivity (Wildman–Crippen MR) is 99.6 cm³/mol. The van der Waals surface area contributed by atoms with E-state index in [4.69, 9.17) is 5.73 Å². The van der Waals surface area contributed by atoms with Crippen molar-refractivity contribution in [3.05, 3.63) is 53.6 Å². The first-order valence-electron chi connectivity index (χ1n) is 8.09. The van der Waals surface area contributed by atoms with Crippen molar-refractivity contribution in [3.63, 3.8) is 0 Å². The summed E-state index contributed by atoms with van der Waals surface area (Å²) in [5.74, 6) is -0.504. The van der Waals surface area contributed by atoms with Gasteiger partial charge in [-0.25, -0.2) is 0 Å².